The van der Waals surface area contributed by atoms with Crippen molar-refractivity contribution in [2.75, 3.05) is 39.8 Å². The van der Waals surface area contributed by atoms with Gasteiger partial charge in [-0.05, 0) is 19.8 Å². The summed E-state index contributed by atoms with van der Waals surface area (Å²) < 4.78 is 4.82. The van der Waals surface area contributed by atoms with Crippen LogP contribution in [0, 0.1) is 0 Å². The Kier molecular flexibility index (Phi) is 9.09. The molecule has 7 nitrogen and oxygen atoms in total. The van der Waals surface area contributed by atoms with E-state index >= 15 is 0 Å². The second kappa shape index (κ2) is 10.9. The van der Waals surface area contributed by atoms with E-state index in [1.165, 1.54) is 0 Å². The number of hydrogen-bond acceptors (Lipinski definition) is 4. The third-order valence-corrected chi connectivity index (χ3v) is 3.89. The first kappa shape index (κ1) is 19.3. The maximum Gasteiger partial charge on any atom is 0.317 e. The molecule has 132 valence electrons. The van der Waals surface area contributed by atoms with Gasteiger partial charge in [-0.2, -0.15) is 0 Å². The average molecular weight is 327 g/mol. The van der Waals surface area contributed by atoms with Crippen molar-refractivity contribution in [2.24, 2.45) is 0 Å². The molecule has 0 unspecified atom stereocenters. The van der Waals surface area contributed by atoms with Crippen LogP contribution < -0.4 is 5.32 Å². The van der Waals surface area contributed by atoms with Gasteiger partial charge in [-0.25, -0.2) is 4.79 Å². The quantitative estimate of drug-likeness (QED) is 0.791. The smallest absolute Gasteiger partial charge is 0.317 e. The maximum atomic E-state index is 12.2. The maximum absolute atomic E-state index is 12.2. The van der Waals surface area contributed by atoms with E-state index in [2.05, 4.69) is 5.32 Å². The number of carbonyl (C=O) groups is 3. The molecule has 1 N–H and O–H groups in total. The topological polar surface area (TPSA) is 79.0 Å². The number of ether oxygens (including phenoxy) is 1. The molecule has 0 aromatic heterocycles. The molecular formula is C16H29N3O4. The Hall–Kier alpha value is -1.79. The number of nitrogens with zero attached hydrogens (tertiary/aromatic N) is 2. The van der Waals surface area contributed by atoms with Crippen LogP contribution in [0.15, 0.2) is 0 Å². The van der Waals surface area contributed by atoms with Gasteiger partial charge in [0.05, 0.1) is 13.0 Å². The van der Waals surface area contributed by atoms with E-state index in [-0.39, 0.29) is 30.9 Å². The molecule has 1 aliphatic heterocycles. The van der Waals surface area contributed by atoms with Crippen LogP contribution in [-0.2, 0) is 14.3 Å². The standard InChI is InChI=1S/C16H29N3O4/c1-3-23-15(21)8-10-17-16(22)19-12-7-5-4-6-11-18(2)14(20)9-13-19/h3-13H2,1-2H3,(H,17,22). The van der Waals surface area contributed by atoms with Gasteiger partial charge in [0.25, 0.3) is 0 Å². The van der Waals surface area contributed by atoms with E-state index in [0.717, 1.165) is 32.2 Å². The van der Waals surface area contributed by atoms with Crippen LogP contribution in [0.3, 0.4) is 0 Å². The van der Waals surface area contributed by atoms with Crippen LogP contribution >= 0.6 is 0 Å². The highest BCUT2D eigenvalue weighted by Gasteiger charge is 2.17. The lowest BCUT2D eigenvalue weighted by Gasteiger charge is -2.23. The van der Waals surface area contributed by atoms with E-state index in [0.29, 0.717) is 26.1 Å². The van der Waals surface area contributed by atoms with Gasteiger partial charge in [0.2, 0.25) is 5.91 Å². The molecule has 0 atom stereocenters. The summed E-state index contributed by atoms with van der Waals surface area (Å²) in [4.78, 5) is 38.9. The van der Waals surface area contributed by atoms with Crippen molar-refractivity contribution in [3.05, 3.63) is 0 Å². The molecule has 7 heteroatoms. The molecule has 1 saturated heterocycles. The largest absolute Gasteiger partial charge is 0.466 e. The fourth-order valence-electron chi connectivity index (χ4n) is 2.48. The number of carbonyl (C=O) groups excluding carboxylic acids is 3. The minimum absolute atomic E-state index is 0.0659. The molecule has 0 spiro atoms. The van der Waals surface area contributed by atoms with Gasteiger partial charge in [-0.3, -0.25) is 9.59 Å². The van der Waals surface area contributed by atoms with Crippen molar-refractivity contribution in [1.82, 2.24) is 15.1 Å². The van der Waals surface area contributed by atoms with Gasteiger partial charge < -0.3 is 19.9 Å². The van der Waals surface area contributed by atoms with Crippen molar-refractivity contribution in [2.45, 2.75) is 45.4 Å². The van der Waals surface area contributed by atoms with E-state index in [1.54, 1.807) is 16.7 Å². The lowest BCUT2D eigenvalue weighted by Crippen LogP contribution is -2.43. The first-order valence-electron chi connectivity index (χ1n) is 8.47. The average Bonchev–Trinajstić information content (AvgIpc) is 2.55. The minimum Gasteiger partial charge on any atom is -0.466 e. The Morgan fingerprint density at radius 1 is 1.13 bits per heavy atom. The molecule has 1 heterocycles. The van der Waals surface area contributed by atoms with E-state index < -0.39 is 0 Å². The summed E-state index contributed by atoms with van der Waals surface area (Å²) in [6.45, 7) is 4.18. The first-order chi connectivity index (χ1) is 11.0. The molecule has 1 fully saturated rings. The monoisotopic (exact) mass is 327 g/mol. The zero-order chi connectivity index (χ0) is 17.1. The molecule has 0 saturated carbocycles. The van der Waals surface area contributed by atoms with Crippen LogP contribution in [0.25, 0.3) is 0 Å². The van der Waals surface area contributed by atoms with Crippen molar-refractivity contribution in [1.29, 1.82) is 0 Å². The minimum atomic E-state index is -0.318. The summed E-state index contributed by atoms with van der Waals surface area (Å²) in [5.74, 6) is -0.252. The van der Waals surface area contributed by atoms with Crippen LogP contribution in [0.1, 0.15) is 45.4 Å². The third kappa shape index (κ3) is 7.85. The molecular weight excluding hydrogens is 298 g/mol. The Morgan fingerprint density at radius 3 is 2.52 bits per heavy atom. The van der Waals surface area contributed by atoms with Gasteiger partial charge in [-0.1, -0.05) is 12.8 Å². The zero-order valence-corrected chi connectivity index (χ0v) is 14.3. The highest BCUT2D eigenvalue weighted by molar-refractivity contribution is 5.78. The molecule has 1 aliphatic rings. The van der Waals surface area contributed by atoms with Gasteiger partial charge in [0.15, 0.2) is 0 Å². The first-order valence-corrected chi connectivity index (χ1v) is 8.47. The molecule has 0 aromatic rings. The van der Waals surface area contributed by atoms with E-state index in [9.17, 15) is 14.4 Å². The summed E-state index contributed by atoms with van der Waals surface area (Å²) >= 11 is 0. The van der Waals surface area contributed by atoms with Crippen molar-refractivity contribution >= 4 is 17.9 Å². The molecule has 0 radical (unpaired) electrons. The predicted molar refractivity (Wildman–Crippen MR) is 86.9 cm³/mol. The van der Waals surface area contributed by atoms with Gasteiger partial charge in [0.1, 0.15) is 0 Å². The van der Waals surface area contributed by atoms with Crippen LogP contribution in [0.2, 0.25) is 0 Å². The SMILES string of the molecule is CCOC(=O)CCNC(=O)N1CCCCCCN(C)C(=O)CC1. The molecule has 0 aliphatic carbocycles. The van der Waals surface area contributed by atoms with Gasteiger partial charge in [0, 0.05) is 39.6 Å². The summed E-state index contributed by atoms with van der Waals surface area (Å²) in [5.41, 5.74) is 0. The molecule has 0 aromatic carbocycles. The molecule has 1 rings (SSSR count). The number of urea groups is 1. The normalized spacial score (nSPS) is 17.4. The highest BCUT2D eigenvalue weighted by atomic mass is 16.5. The van der Waals surface area contributed by atoms with E-state index in [4.69, 9.17) is 4.74 Å². The summed E-state index contributed by atoms with van der Waals surface area (Å²) in [5, 5.41) is 2.73. The second-order valence-corrected chi connectivity index (χ2v) is 5.75. The Bertz CT molecular complexity index is 401. The molecule has 23 heavy (non-hydrogen) atoms. The fourth-order valence-corrected chi connectivity index (χ4v) is 2.48. The summed E-state index contributed by atoms with van der Waals surface area (Å²) in [6, 6.07) is -0.219. The van der Waals surface area contributed by atoms with Crippen LogP contribution in [-0.4, -0.2) is 67.5 Å². The van der Waals surface area contributed by atoms with Crippen LogP contribution in [0.5, 0.6) is 0 Å². The lowest BCUT2D eigenvalue weighted by atomic mass is 10.2. The number of rotatable bonds is 4. The molecule has 3 amide bonds. The fraction of sp³-hybridized carbons (Fsp3) is 0.812. The number of amides is 3. The predicted octanol–water partition coefficient (Wildman–Crippen LogP) is 1.37. The highest BCUT2D eigenvalue weighted by Crippen LogP contribution is 2.07. The lowest BCUT2D eigenvalue weighted by molar-refractivity contribution is -0.142. The zero-order valence-electron chi connectivity index (χ0n) is 14.3. The number of esters is 1. The molecule has 0 bridgehead atoms. The van der Waals surface area contributed by atoms with Crippen molar-refractivity contribution in [3.8, 4) is 0 Å². The van der Waals surface area contributed by atoms with Gasteiger partial charge in [-0.15, -0.1) is 0 Å². The van der Waals surface area contributed by atoms with Crippen molar-refractivity contribution in [3.63, 3.8) is 0 Å². The summed E-state index contributed by atoms with van der Waals surface area (Å²) in [6.07, 6.45) is 4.55. The van der Waals surface area contributed by atoms with Crippen molar-refractivity contribution < 1.29 is 19.1 Å². The van der Waals surface area contributed by atoms with Gasteiger partial charge >= 0.3 is 12.0 Å². The van der Waals surface area contributed by atoms with E-state index in [1.807, 2.05) is 7.05 Å². The number of hydrogen-bond donors (Lipinski definition) is 1. The second-order valence-electron chi connectivity index (χ2n) is 5.75. The Labute approximate surface area is 138 Å². The Balaban J connectivity index is 2.44. The summed E-state index contributed by atoms with van der Waals surface area (Å²) in [7, 11) is 1.81. The Morgan fingerprint density at radius 2 is 1.83 bits per heavy atom. The van der Waals surface area contributed by atoms with Crippen LogP contribution in [0.4, 0.5) is 4.79 Å². The number of nitrogens with one attached hydrogen (secondary N) is 1. The third-order valence-electron chi connectivity index (χ3n) is 3.89.